The fourth-order valence-electron chi connectivity index (χ4n) is 1.49. The molecule has 1 fully saturated rings. The molecule has 0 radical (unpaired) electrons. The molecule has 15 heavy (non-hydrogen) atoms. The first-order valence-corrected chi connectivity index (χ1v) is 4.67. The maximum atomic E-state index is 13.2. The number of ether oxygens (including phenoxy) is 1. The predicted molar refractivity (Wildman–Crippen MR) is 49.7 cm³/mol. The van der Waals surface area contributed by atoms with Gasteiger partial charge in [-0.2, -0.15) is 0 Å². The molecular weight excluding hydrogens is 204 g/mol. The maximum absolute atomic E-state index is 13.2. The van der Waals surface area contributed by atoms with E-state index < -0.39 is 23.8 Å². The minimum atomic E-state index is -0.687. The van der Waals surface area contributed by atoms with Crippen molar-refractivity contribution < 1.29 is 18.6 Å². The average Bonchev–Trinajstić information content (AvgIpc) is 2.58. The van der Waals surface area contributed by atoms with Crippen molar-refractivity contribution in [2.24, 2.45) is 0 Å². The molecule has 1 aromatic carbocycles. The Labute approximate surface area is 85.7 Å². The van der Waals surface area contributed by atoms with Gasteiger partial charge in [-0.25, -0.2) is 8.78 Å². The van der Waals surface area contributed by atoms with Crippen molar-refractivity contribution in [3.63, 3.8) is 0 Å². The third-order valence-electron chi connectivity index (χ3n) is 2.30. The number of hydrogen-bond acceptors (Lipinski definition) is 3. The van der Waals surface area contributed by atoms with Gasteiger partial charge < -0.3 is 15.2 Å². The Bertz CT molecular complexity index is 359. The van der Waals surface area contributed by atoms with Gasteiger partial charge in [0, 0.05) is 19.2 Å². The lowest BCUT2D eigenvalue weighted by Crippen LogP contribution is -2.30. The van der Waals surface area contributed by atoms with E-state index in [0.717, 1.165) is 18.2 Å². The average molecular weight is 215 g/mol. The van der Waals surface area contributed by atoms with Gasteiger partial charge in [0.15, 0.2) is 11.6 Å². The summed E-state index contributed by atoms with van der Waals surface area (Å²) in [5.41, 5.74) is 0. The fraction of sp³-hybridized carbons (Fsp3) is 0.400. The number of aliphatic hydroxyl groups excluding tert-OH is 1. The predicted octanol–water partition coefficient (Wildman–Crippen LogP) is 0.676. The zero-order chi connectivity index (χ0) is 10.8. The third kappa shape index (κ3) is 2.24. The number of hydrogen-bond donors (Lipinski definition) is 2. The Morgan fingerprint density at radius 1 is 1.33 bits per heavy atom. The van der Waals surface area contributed by atoms with Gasteiger partial charge >= 0.3 is 0 Å². The molecule has 0 aromatic heterocycles. The SMILES string of the molecule is OC1CNCC1Oc1cc(F)ccc1F. The number of aliphatic hydroxyl groups is 1. The summed E-state index contributed by atoms with van der Waals surface area (Å²) in [7, 11) is 0. The molecule has 2 N–H and O–H groups in total. The summed E-state index contributed by atoms with van der Waals surface area (Å²) >= 11 is 0. The Morgan fingerprint density at radius 2 is 2.13 bits per heavy atom. The first-order chi connectivity index (χ1) is 7.16. The van der Waals surface area contributed by atoms with E-state index in [9.17, 15) is 13.9 Å². The lowest BCUT2D eigenvalue weighted by Gasteiger charge is -2.16. The zero-order valence-electron chi connectivity index (χ0n) is 7.91. The molecule has 1 aliphatic heterocycles. The molecule has 2 rings (SSSR count). The van der Waals surface area contributed by atoms with Crippen LogP contribution in [0.1, 0.15) is 0 Å². The standard InChI is InChI=1S/C10H11F2NO2/c11-6-1-2-7(12)9(3-6)15-10-5-13-4-8(10)14/h1-3,8,10,13-14H,4-5H2. The molecule has 2 atom stereocenters. The van der Waals surface area contributed by atoms with E-state index in [1.807, 2.05) is 0 Å². The van der Waals surface area contributed by atoms with Crippen molar-refractivity contribution in [1.29, 1.82) is 0 Å². The first kappa shape index (κ1) is 10.3. The molecule has 5 heteroatoms. The van der Waals surface area contributed by atoms with Gasteiger partial charge in [0.1, 0.15) is 18.0 Å². The Balaban J connectivity index is 2.12. The number of halogens is 2. The molecule has 82 valence electrons. The summed E-state index contributed by atoms with van der Waals surface area (Å²) in [5, 5.41) is 12.3. The molecule has 0 spiro atoms. The van der Waals surface area contributed by atoms with Gasteiger partial charge in [0.05, 0.1) is 0 Å². The van der Waals surface area contributed by atoms with Gasteiger partial charge in [0.2, 0.25) is 0 Å². The van der Waals surface area contributed by atoms with Crippen molar-refractivity contribution in [1.82, 2.24) is 5.32 Å². The van der Waals surface area contributed by atoms with Crippen molar-refractivity contribution in [3.05, 3.63) is 29.8 Å². The Morgan fingerprint density at radius 3 is 2.80 bits per heavy atom. The minimum absolute atomic E-state index is 0.164. The summed E-state index contributed by atoms with van der Waals surface area (Å²) in [5.74, 6) is -1.36. The Hall–Kier alpha value is -1.20. The topological polar surface area (TPSA) is 41.5 Å². The maximum Gasteiger partial charge on any atom is 0.165 e. The van der Waals surface area contributed by atoms with Gasteiger partial charge in [-0.1, -0.05) is 0 Å². The van der Waals surface area contributed by atoms with Gasteiger partial charge in [-0.05, 0) is 12.1 Å². The summed E-state index contributed by atoms with van der Waals surface area (Å²) < 4.78 is 31.1. The van der Waals surface area contributed by atoms with E-state index in [4.69, 9.17) is 4.74 Å². The highest BCUT2D eigenvalue weighted by molar-refractivity contribution is 5.25. The van der Waals surface area contributed by atoms with Crippen molar-refractivity contribution >= 4 is 0 Å². The van der Waals surface area contributed by atoms with E-state index in [1.54, 1.807) is 0 Å². The number of β-amino-alcohol motifs (C(OH)–C–C–N with tert-alkyl or cyclic N) is 1. The molecule has 1 aromatic rings. The van der Waals surface area contributed by atoms with Crippen LogP contribution in [0.3, 0.4) is 0 Å². The van der Waals surface area contributed by atoms with Gasteiger partial charge in [0.25, 0.3) is 0 Å². The molecular formula is C10H11F2NO2. The second-order valence-corrected chi connectivity index (χ2v) is 3.46. The third-order valence-corrected chi connectivity index (χ3v) is 2.30. The normalized spacial score (nSPS) is 25.5. The van der Waals surface area contributed by atoms with Crippen LogP contribution in [0.15, 0.2) is 18.2 Å². The molecule has 0 saturated carbocycles. The van der Waals surface area contributed by atoms with Crippen LogP contribution in [-0.4, -0.2) is 30.4 Å². The van der Waals surface area contributed by atoms with Crippen LogP contribution in [0.5, 0.6) is 5.75 Å². The van der Waals surface area contributed by atoms with E-state index in [2.05, 4.69) is 5.32 Å². The van der Waals surface area contributed by atoms with Crippen molar-refractivity contribution in [2.45, 2.75) is 12.2 Å². The molecule has 1 heterocycles. The second-order valence-electron chi connectivity index (χ2n) is 3.46. The van der Waals surface area contributed by atoms with E-state index in [0.29, 0.717) is 13.1 Å². The summed E-state index contributed by atoms with van der Waals surface area (Å²) in [6.07, 6.45) is -1.21. The van der Waals surface area contributed by atoms with E-state index >= 15 is 0 Å². The largest absolute Gasteiger partial charge is 0.483 e. The van der Waals surface area contributed by atoms with E-state index in [1.165, 1.54) is 0 Å². The number of nitrogens with one attached hydrogen (secondary N) is 1. The minimum Gasteiger partial charge on any atom is -0.483 e. The lowest BCUT2D eigenvalue weighted by molar-refractivity contribution is 0.0708. The van der Waals surface area contributed by atoms with E-state index in [-0.39, 0.29) is 5.75 Å². The molecule has 1 saturated heterocycles. The van der Waals surface area contributed by atoms with Crippen LogP contribution >= 0.6 is 0 Å². The fourth-order valence-corrected chi connectivity index (χ4v) is 1.49. The molecule has 2 unspecified atom stereocenters. The molecule has 3 nitrogen and oxygen atoms in total. The van der Waals surface area contributed by atoms with Crippen molar-refractivity contribution in [3.8, 4) is 5.75 Å². The molecule has 0 amide bonds. The molecule has 1 aliphatic rings. The zero-order valence-corrected chi connectivity index (χ0v) is 7.91. The highest BCUT2D eigenvalue weighted by Crippen LogP contribution is 2.20. The van der Waals surface area contributed by atoms with Crippen LogP contribution in [0.2, 0.25) is 0 Å². The van der Waals surface area contributed by atoms with Gasteiger partial charge in [-0.3, -0.25) is 0 Å². The second kappa shape index (κ2) is 4.12. The number of benzene rings is 1. The summed E-state index contributed by atoms with van der Waals surface area (Å²) in [4.78, 5) is 0. The smallest absolute Gasteiger partial charge is 0.165 e. The molecule has 0 bridgehead atoms. The van der Waals surface area contributed by atoms with Crippen LogP contribution in [0, 0.1) is 11.6 Å². The monoisotopic (exact) mass is 215 g/mol. The Kier molecular flexibility index (Phi) is 2.83. The van der Waals surface area contributed by atoms with Crippen LogP contribution in [0.25, 0.3) is 0 Å². The summed E-state index contributed by atoms with van der Waals surface area (Å²) in [6, 6.07) is 2.99. The number of rotatable bonds is 2. The van der Waals surface area contributed by atoms with Gasteiger partial charge in [-0.15, -0.1) is 0 Å². The highest BCUT2D eigenvalue weighted by Gasteiger charge is 2.27. The quantitative estimate of drug-likeness (QED) is 0.762. The van der Waals surface area contributed by atoms with Crippen molar-refractivity contribution in [2.75, 3.05) is 13.1 Å². The highest BCUT2D eigenvalue weighted by atomic mass is 19.1. The molecule has 0 aliphatic carbocycles. The lowest BCUT2D eigenvalue weighted by atomic mass is 10.2. The van der Waals surface area contributed by atoms with Crippen LogP contribution in [0.4, 0.5) is 8.78 Å². The van der Waals surface area contributed by atoms with Crippen LogP contribution in [-0.2, 0) is 0 Å². The first-order valence-electron chi connectivity index (χ1n) is 4.67. The summed E-state index contributed by atoms with van der Waals surface area (Å²) in [6.45, 7) is 0.832. The van der Waals surface area contributed by atoms with Crippen LogP contribution < -0.4 is 10.1 Å².